The molecule has 0 radical (unpaired) electrons. The summed E-state index contributed by atoms with van der Waals surface area (Å²) in [6.45, 7) is 2.20. The minimum atomic E-state index is -0.447. The Kier molecular flexibility index (Phi) is 6.41. The van der Waals surface area contributed by atoms with Gasteiger partial charge in [0.25, 0.3) is 5.91 Å². The topological polar surface area (TPSA) is 91.4 Å². The Balaban J connectivity index is 1.59. The number of likely N-dealkylation sites (tertiary alicyclic amines) is 1. The molecule has 2 heterocycles. The molecule has 28 heavy (non-hydrogen) atoms. The van der Waals surface area contributed by atoms with E-state index in [9.17, 15) is 14.4 Å². The Morgan fingerprint density at radius 3 is 2.71 bits per heavy atom. The SMILES string of the molecule is CNC(=O)C1CCCN1C(=O)CNC(=O)c1sc(Cc2ccccc2)nc1C. The number of carbonyl (C=O) groups is 3. The third kappa shape index (κ3) is 4.56. The van der Waals surface area contributed by atoms with Crippen LogP contribution in [0, 0.1) is 6.92 Å². The third-order valence-corrected chi connectivity index (χ3v) is 5.92. The number of hydrogen-bond donors (Lipinski definition) is 2. The fraction of sp³-hybridized carbons (Fsp3) is 0.400. The minimum absolute atomic E-state index is 0.127. The van der Waals surface area contributed by atoms with E-state index in [1.807, 2.05) is 30.3 Å². The zero-order valence-electron chi connectivity index (χ0n) is 16.0. The predicted octanol–water partition coefficient (Wildman–Crippen LogP) is 1.51. The summed E-state index contributed by atoms with van der Waals surface area (Å²) in [5, 5.41) is 6.13. The highest BCUT2D eigenvalue weighted by molar-refractivity contribution is 7.13. The van der Waals surface area contributed by atoms with Gasteiger partial charge in [0.2, 0.25) is 11.8 Å². The van der Waals surface area contributed by atoms with Gasteiger partial charge in [-0.25, -0.2) is 4.98 Å². The van der Waals surface area contributed by atoms with E-state index in [2.05, 4.69) is 15.6 Å². The molecule has 1 aliphatic heterocycles. The van der Waals surface area contributed by atoms with Crippen LogP contribution in [-0.2, 0) is 16.0 Å². The molecule has 1 aliphatic rings. The number of nitrogens with zero attached hydrogens (tertiary/aromatic N) is 2. The average molecular weight is 401 g/mol. The van der Waals surface area contributed by atoms with Gasteiger partial charge in [-0.15, -0.1) is 11.3 Å². The number of hydrogen-bond acceptors (Lipinski definition) is 5. The molecule has 8 heteroatoms. The molecule has 2 aromatic rings. The molecule has 1 aromatic carbocycles. The standard InChI is InChI=1S/C20H24N4O3S/c1-13-18(28-16(23-13)11-14-7-4-3-5-8-14)20(27)22-12-17(25)24-10-6-9-15(24)19(26)21-2/h3-5,7-8,15H,6,9-12H2,1-2H3,(H,21,26)(H,22,27). The van der Waals surface area contributed by atoms with Crippen molar-refractivity contribution in [1.82, 2.24) is 20.5 Å². The molecule has 1 saturated heterocycles. The van der Waals surface area contributed by atoms with Crippen molar-refractivity contribution in [3.8, 4) is 0 Å². The number of amides is 3. The van der Waals surface area contributed by atoms with Gasteiger partial charge in [0.05, 0.1) is 17.2 Å². The molecule has 0 spiro atoms. The number of carbonyl (C=O) groups excluding carboxylic acids is 3. The van der Waals surface area contributed by atoms with Crippen LogP contribution in [0.2, 0.25) is 0 Å². The molecular formula is C20H24N4O3S. The highest BCUT2D eigenvalue weighted by atomic mass is 32.1. The third-order valence-electron chi connectivity index (χ3n) is 4.77. The lowest BCUT2D eigenvalue weighted by molar-refractivity contribution is -0.137. The van der Waals surface area contributed by atoms with Crippen LogP contribution in [0.25, 0.3) is 0 Å². The fourth-order valence-electron chi connectivity index (χ4n) is 3.35. The van der Waals surface area contributed by atoms with Crippen molar-refractivity contribution in [2.75, 3.05) is 20.1 Å². The molecule has 1 atom stereocenters. The lowest BCUT2D eigenvalue weighted by Crippen LogP contribution is -2.48. The molecule has 1 aromatic heterocycles. The van der Waals surface area contributed by atoms with E-state index >= 15 is 0 Å². The van der Waals surface area contributed by atoms with Crippen LogP contribution in [0.15, 0.2) is 30.3 Å². The molecule has 3 rings (SSSR count). The van der Waals surface area contributed by atoms with Crippen LogP contribution >= 0.6 is 11.3 Å². The summed E-state index contributed by atoms with van der Waals surface area (Å²) in [5.74, 6) is -0.717. The number of rotatable bonds is 6. The zero-order chi connectivity index (χ0) is 20.1. The van der Waals surface area contributed by atoms with E-state index in [1.165, 1.54) is 11.3 Å². The molecule has 1 unspecified atom stereocenters. The summed E-state index contributed by atoms with van der Waals surface area (Å²) in [6.07, 6.45) is 2.10. The van der Waals surface area contributed by atoms with Crippen molar-refractivity contribution >= 4 is 29.1 Å². The normalized spacial score (nSPS) is 16.1. The number of likely N-dealkylation sites (N-methyl/N-ethyl adjacent to an activating group) is 1. The Morgan fingerprint density at radius 1 is 1.25 bits per heavy atom. The van der Waals surface area contributed by atoms with Crippen LogP contribution in [0.3, 0.4) is 0 Å². The number of thiazole rings is 1. The first kappa shape index (κ1) is 20.0. The highest BCUT2D eigenvalue weighted by Gasteiger charge is 2.33. The second-order valence-corrected chi connectivity index (χ2v) is 7.81. The number of benzene rings is 1. The molecule has 0 aliphatic carbocycles. The van der Waals surface area contributed by atoms with Crippen molar-refractivity contribution in [3.05, 3.63) is 51.5 Å². The number of aromatic nitrogens is 1. The summed E-state index contributed by atoms with van der Waals surface area (Å²) in [7, 11) is 1.56. The summed E-state index contributed by atoms with van der Waals surface area (Å²) in [6, 6.07) is 9.50. The first-order valence-electron chi connectivity index (χ1n) is 9.29. The fourth-order valence-corrected chi connectivity index (χ4v) is 4.37. The van der Waals surface area contributed by atoms with Crippen LogP contribution in [0.1, 0.15) is 38.8 Å². The Morgan fingerprint density at radius 2 is 2.00 bits per heavy atom. The van der Waals surface area contributed by atoms with Gasteiger partial charge < -0.3 is 15.5 Å². The Labute approximate surface area is 168 Å². The van der Waals surface area contributed by atoms with Crippen molar-refractivity contribution in [2.24, 2.45) is 0 Å². The van der Waals surface area contributed by atoms with E-state index in [4.69, 9.17) is 0 Å². The van der Waals surface area contributed by atoms with Crippen molar-refractivity contribution in [3.63, 3.8) is 0 Å². The molecule has 0 bridgehead atoms. The molecular weight excluding hydrogens is 376 g/mol. The second-order valence-electron chi connectivity index (χ2n) is 6.73. The Bertz CT molecular complexity index is 866. The van der Waals surface area contributed by atoms with E-state index < -0.39 is 6.04 Å². The van der Waals surface area contributed by atoms with Gasteiger partial charge in [-0.3, -0.25) is 14.4 Å². The van der Waals surface area contributed by atoms with Gasteiger partial charge in [0, 0.05) is 20.0 Å². The first-order valence-corrected chi connectivity index (χ1v) is 10.1. The van der Waals surface area contributed by atoms with Crippen LogP contribution in [0.5, 0.6) is 0 Å². The zero-order valence-corrected chi connectivity index (χ0v) is 16.8. The molecule has 0 saturated carbocycles. The maximum Gasteiger partial charge on any atom is 0.263 e. The first-order chi connectivity index (χ1) is 13.5. The van der Waals surface area contributed by atoms with Gasteiger partial charge in [-0.2, -0.15) is 0 Å². The second kappa shape index (κ2) is 8.97. The van der Waals surface area contributed by atoms with E-state index in [1.54, 1.807) is 18.9 Å². The van der Waals surface area contributed by atoms with Crippen LogP contribution in [-0.4, -0.2) is 53.8 Å². The van der Waals surface area contributed by atoms with Crippen molar-refractivity contribution in [1.29, 1.82) is 0 Å². The minimum Gasteiger partial charge on any atom is -0.357 e. The van der Waals surface area contributed by atoms with Gasteiger partial charge in [-0.1, -0.05) is 30.3 Å². The molecule has 148 valence electrons. The van der Waals surface area contributed by atoms with Crippen molar-refractivity contribution in [2.45, 2.75) is 32.2 Å². The van der Waals surface area contributed by atoms with Gasteiger partial charge >= 0.3 is 0 Å². The molecule has 3 amide bonds. The summed E-state index contributed by atoms with van der Waals surface area (Å²) in [4.78, 5) is 43.4. The van der Waals surface area contributed by atoms with Crippen LogP contribution in [0.4, 0.5) is 0 Å². The predicted molar refractivity (Wildman–Crippen MR) is 107 cm³/mol. The summed E-state index contributed by atoms with van der Waals surface area (Å²) in [5.41, 5.74) is 1.79. The lowest BCUT2D eigenvalue weighted by atomic mass is 10.2. The lowest BCUT2D eigenvalue weighted by Gasteiger charge is -2.23. The Hall–Kier alpha value is -2.74. The number of aryl methyl sites for hydroxylation is 1. The van der Waals surface area contributed by atoms with Crippen LogP contribution < -0.4 is 10.6 Å². The molecule has 2 N–H and O–H groups in total. The van der Waals surface area contributed by atoms with E-state index in [-0.39, 0.29) is 24.3 Å². The largest absolute Gasteiger partial charge is 0.357 e. The van der Waals surface area contributed by atoms with E-state index in [0.717, 1.165) is 17.0 Å². The smallest absolute Gasteiger partial charge is 0.263 e. The van der Waals surface area contributed by atoms with E-state index in [0.29, 0.717) is 30.0 Å². The maximum absolute atomic E-state index is 12.5. The monoisotopic (exact) mass is 400 g/mol. The molecule has 7 nitrogen and oxygen atoms in total. The molecule has 1 fully saturated rings. The summed E-state index contributed by atoms with van der Waals surface area (Å²) >= 11 is 1.34. The van der Waals surface area contributed by atoms with Gasteiger partial charge in [-0.05, 0) is 25.3 Å². The maximum atomic E-state index is 12.5. The summed E-state index contributed by atoms with van der Waals surface area (Å²) < 4.78 is 0. The van der Waals surface area contributed by atoms with Crippen molar-refractivity contribution < 1.29 is 14.4 Å². The highest BCUT2D eigenvalue weighted by Crippen LogP contribution is 2.21. The van der Waals surface area contributed by atoms with Gasteiger partial charge in [0.1, 0.15) is 10.9 Å². The average Bonchev–Trinajstić information content (AvgIpc) is 3.33. The quantitative estimate of drug-likeness (QED) is 0.769. The van der Waals surface area contributed by atoms with Gasteiger partial charge in [0.15, 0.2) is 0 Å². The number of nitrogens with one attached hydrogen (secondary N) is 2.